The van der Waals surface area contributed by atoms with Crippen molar-refractivity contribution < 1.29 is 0 Å². The van der Waals surface area contributed by atoms with E-state index in [1.165, 1.54) is 4.68 Å². The maximum atomic E-state index is 11.8. The number of hydrogen-bond donors (Lipinski definition) is 2. The molecule has 0 atom stereocenters. The Bertz CT molecular complexity index is 402. The summed E-state index contributed by atoms with van der Waals surface area (Å²) in [6, 6.07) is 0.00286. The summed E-state index contributed by atoms with van der Waals surface area (Å²) in [5.74, 6) is 0. The van der Waals surface area contributed by atoms with Gasteiger partial charge in [-0.15, -0.1) is 0 Å². The standard InChI is InChI=1S/C10H17ClN4O/c1-7(2)15-10(16)9(11)8(6-14-15)13-5-3-4-12/h6-7,13H,3-5,12H2,1-2H3. The first-order valence-corrected chi connectivity index (χ1v) is 5.67. The Balaban J connectivity index is 2.90. The lowest BCUT2D eigenvalue weighted by Gasteiger charge is -2.11. The number of nitrogens with zero attached hydrogens (tertiary/aromatic N) is 2. The minimum absolute atomic E-state index is 0.00286. The summed E-state index contributed by atoms with van der Waals surface area (Å²) < 4.78 is 1.36. The predicted molar refractivity (Wildman–Crippen MR) is 66.1 cm³/mol. The molecule has 0 radical (unpaired) electrons. The van der Waals surface area contributed by atoms with Gasteiger partial charge in [-0.1, -0.05) is 11.6 Å². The van der Waals surface area contributed by atoms with E-state index in [0.29, 0.717) is 18.8 Å². The molecule has 0 unspecified atom stereocenters. The number of hydrogen-bond acceptors (Lipinski definition) is 4. The van der Waals surface area contributed by atoms with Crippen molar-refractivity contribution in [2.75, 3.05) is 18.4 Å². The molecule has 0 aliphatic rings. The summed E-state index contributed by atoms with van der Waals surface area (Å²) in [6.07, 6.45) is 2.39. The highest BCUT2D eigenvalue weighted by molar-refractivity contribution is 6.32. The number of nitrogens with two attached hydrogens (primary N) is 1. The van der Waals surface area contributed by atoms with Crippen LogP contribution in [0.3, 0.4) is 0 Å². The smallest absolute Gasteiger partial charge is 0.287 e. The molecule has 16 heavy (non-hydrogen) atoms. The van der Waals surface area contributed by atoms with Crippen molar-refractivity contribution in [3.63, 3.8) is 0 Å². The lowest BCUT2D eigenvalue weighted by atomic mass is 10.3. The highest BCUT2D eigenvalue weighted by atomic mass is 35.5. The van der Waals surface area contributed by atoms with Crippen LogP contribution < -0.4 is 16.6 Å². The number of halogens is 1. The van der Waals surface area contributed by atoms with Crippen molar-refractivity contribution in [1.29, 1.82) is 0 Å². The van der Waals surface area contributed by atoms with Gasteiger partial charge in [-0.2, -0.15) is 5.10 Å². The second-order valence-electron chi connectivity index (χ2n) is 3.78. The summed E-state index contributed by atoms with van der Waals surface area (Å²) in [4.78, 5) is 11.8. The molecular weight excluding hydrogens is 228 g/mol. The van der Waals surface area contributed by atoms with Crippen LogP contribution in [0.25, 0.3) is 0 Å². The fourth-order valence-corrected chi connectivity index (χ4v) is 1.46. The van der Waals surface area contributed by atoms with Crippen LogP contribution in [0.2, 0.25) is 5.02 Å². The van der Waals surface area contributed by atoms with Gasteiger partial charge in [-0.25, -0.2) is 4.68 Å². The third-order valence-electron chi connectivity index (χ3n) is 2.13. The molecule has 0 spiro atoms. The average molecular weight is 245 g/mol. The van der Waals surface area contributed by atoms with Gasteiger partial charge in [0.25, 0.3) is 5.56 Å². The van der Waals surface area contributed by atoms with Crippen molar-refractivity contribution >= 4 is 17.3 Å². The molecule has 1 aromatic heterocycles. The molecule has 5 nitrogen and oxygen atoms in total. The topological polar surface area (TPSA) is 72.9 Å². The molecule has 0 fully saturated rings. The normalized spacial score (nSPS) is 10.8. The lowest BCUT2D eigenvalue weighted by molar-refractivity contribution is 0.503. The van der Waals surface area contributed by atoms with Gasteiger partial charge in [-0.05, 0) is 26.8 Å². The van der Waals surface area contributed by atoms with Crippen LogP contribution in [0, 0.1) is 0 Å². The van der Waals surface area contributed by atoms with Crippen LogP contribution >= 0.6 is 11.6 Å². The van der Waals surface area contributed by atoms with Crippen molar-refractivity contribution in [3.05, 3.63) is 21.6 Å². The van der Waals surface area contributed by atoms with Gasteiger partial charge in [0.2, 0.25) is 0 Å². The molecule has 90 valence electrons. The molecule has 1 heterocycles. The third-order valence-corrected chi connectivity index (χ3v) is 2.49. The van der Waals surface area contributed by atoms with Crippen LogP contribution in [-0.2, 0) is 0 Å². The SMILES string of the molecule is CC(C)n1ncc(NCCCN)c(Cl)c1=O. The highest BCUT2D eigenvalue weighted by Crippen LogP contribution is 2.15. The van der Waals surface area contributed by atoms with Gasteiger partial charge < -0.3 is 11.1 Å². The number of nitrogens with one attached hydrogen (secondary N) is 1. The van der Waals surface area contributed by atoms with Crippen LogP contribution in [0.5, 0.6) is 0 Å². The summed E-state index contributed by atoms with van der Waals surface area (Å²) in [7, 11) is 0. The fraction of sp³-hybridized carbons (Fsp3) is 0.600. The second-order valence-corrected chi connectivity index (χ2v) is 4.16. The monoisotopic (exact) mass is 244 g/mol. The van der Waals surface area contributed by atoms with Gasteiger partial charge in [-0.3, -0.25) is 4.79 Å². The Morgan fingerprint density at radius 2 is 2.31 bits per heavy atom. The van der Waals surface area contributed by atoms with E-state index in [0.717, 1.165) is 6.42 Å². The quantitative estimate of drug-likeness (QED) is 0.765. The van der Waals surface area contributed by atoms with Crippen molar-refractivity contribution in [1.82, 2.24) is 9.78 Å². The minimum Gasteiger partial charge on any atom is -0.382 e. The maximum absolute atomic E-state index is 11.8. The summed E-state index contributed by atoms with van der Waals surface area (Å²) in [5.41, 5.74) is 5.67. The van der Waals surface area contributed by atoms with E-state index in [4.69, 9.17) is 17.3 Å². The van der Waals surface area contributed by atoms with E-state index in [1.54, 1.807) is 6.20 Å². The number of anilines is 1. The molecule has 0 bridgehead atoms. The zero-order valence-corrected chi connectivity index (χ0v) is 10.3. The molecule has 0 aromatic carbocycles. The van der Waals surface area contributed by atoms with Crippen molar-refractivity contribution in [2.24, 2.45) is 5.73 Å². The molecule has 6 heteroatoms. The second kappa shape index (κ2) is 5.86. The van der Waals surface area contributed by atoms with Gasteiger partial charge in [0, 0.05) is 6.54 Å². The third kappa shape index (κ3) is 2.96. The van der Waals surface area contributed by atoms with Crippen molar-refractivity contribution in [3.8, 4) is 0 Å². The Morgan fingerprint density at radius 3 is 2.88 bits per heavy atom. The van der Waals surface area contributed by atoms with Gasteiger partial charge >= 0.3 is 0 Å². The molecule has 3 N–H and O–H groups in total. The zero-order valence-electron chi connectivity index (χ0n) is 9.53. The van der Waals surface area contributed by atoms with Gasteiger partial charge in [0.05, 0.1) is 17.9 Å². The highest BCUT2D eigenvalue weighted by Gasteiger charge is 2.10. The van der Waals surface area contributed by atoms with Crippen LogP contribution in [0.15, 0.2) is 11.0 Å². The fourth-order valence-electron chi connectivity index (χ4n) is 1.26. The molecule has 0 aliphatic carbocycles. The van der Waals surface area contributed by atoms with E-state index in [-0.39, 0.29) is 16.6 Å². The average Bonchev–Trinajstić information content (AvgIpc) is 2.24. The van der Waals surface area contributed by atoms with E-state index in [1.807, 2.05) is 13.8 Å². The lowest BCUT2D eigenvalue weighted by Crippen LogP contribution is -2.26. The van der Waals surface area contributed by atoms with E-state index < -0.39 is 0 Å². The zero-order chi connectivity index (χ0) is 12.1. The first-order chi connectivity index (χ1) is 7.57. The van der Waals surface area contributed by atoms with E-state index in [2.05, 4.69) is 10.4 Å². The number of rotatable bonds is 5. The van der Waals surface area contributed by atoms with Gasteiger partial charge in [0.15, 0.2) is 0 Å². The first kappa shape index (κ1) is 13.0. The molecule has 0 aliphatic heterocycles. The summed E-state index contributed by atoms with van der Waals surface area (Å²) in [5, 5.41) is 7.26. The van der Waals surface area contributed by atoms with Crippen LogP contribution in [-0.4, -0.2) is 22.9 Å². The van der Waals surface area contributed by atoms with E-state index >= 15 is 0 Å². The maximum Gasteiger partial charge on any atom is 0.287 e. The van der Waals surface area contributed by atoms with Crippen LogP contribution in [0.4, 0.5) is 5.69 Å². The molecule has 1 aromatic rings. The minimum atomic E-state index is -0.269. The molecule has 0 saturated heterocycles. The van der Waals surface area contributed by atoms with Crippen molar-refractivity contribution in [2.45, 2.75) is 26.3 Å². The summed E-state index contributed by atoms with van der Waals surface area (Å²) in [6.45, 7) is 5.04. The van der Waals surface area contributed by atoms with E-state index in [9.17, 15) is 4.79 Å². The Labute approximate surface area is 99.6 Å². The molecule has 0 amide bonds. The first-order valence-electron chi connectivity index (χ1n) is 5.29. The van der Waals surface area contributed by atoms with Gasteiger partial charge in [0.1, 0.15) is 5.02 Å². The van der Waals surface area contributed by atoms with Crippen LogP contribution in [0.1, 0.15) is 26.3 Å². The Hall–Kier alpha value is -1.07. The molecular formula is C10H17ClN4O. The molecule has 0 saturated carbocycles. The largest absolute Gasteiger partial charge is 0.382 e. The predicted octanol–water partition coefficient (Wildman–Crippen LogP) is 1.24. The summed E-state index contributed by atoms with van der Waals surface area (Å²) >= 11 is 5.95. The Morgan fingerprint density at radius 1 is 1.62 bits per heavy atom. The number of aromatic nitrogens is 2. The Kier molecular flexibility index (Phi) is 4.76. The molecule has 1 rings (SSSR count).